The smallest absolute Gasteiger partial charge is 0.255 e. The highest BCUT2D eigenvalue weighted by atomic mass is 35.5. The number of hydrogen-bond donors (Lipinski definition) is 1. The van der Waals surface area contributed by atoms with Crippen molar-refractivity contribution in [3.63, 3.8) is 0 Å². The van der Waals surface area contributed by atoms with Crippen molar-refractivity contribution >= 4 is 33.7 Å². The molecule has 0 radical (unpaired) electrons. The van der Waals surface area contributed by atoms with Crippen molar-refractivity contribution in [3.8, 4) is 17.2 Å². The van der Waals surface area contributed by atoms with Gasteiger partial charge in [0.15, 0.2) is 11.5 Å². The number of hydrogen-bond acceptors (Lipinski definition) is 7. The minimum Gasteiger partial charge on any atom is -0.493 e. The molecular weight excluding hydrogens is 518 g/mol. The van der Waals surface area contributed by atoms with E-state index in [1.807, 2.05) is 6.92 Å². The van der Waals surface area contributed by atoms with E-state index in [9.17, 15) is 13.2 Å². The molecule has 0 aliphatic carbocycles. The third kappa shape index (κ3) is 7.00. The molecule has 3 rings (SSSR count). The maximum atomic E-state index is 13.4. The Morgan fingerprint density at radius 1 is 1.00 bits per heavy atom. The Labute approximate surface area is 221 Å². The first kappa shape index (κ1) is 28.0. The van der Waals surface area contributed by atoms with E-state index in [1.54, 1.807) is 48.5 Å². The van der Waals surface area contributed by atoms with Gasteiger partial charge in [0.05, 0.1) is 39.0 Å². The Balaban J connectivity index is 1.82. The molecule has 0 heterocycles. The molecule has 11 heteroatoms. The predicted molar refractivity (Wildman–Crippen MR) is 142 cm³/mol. The number of methoxy groups -OCH3 is 3. The summed E-state index contributed by atoms with van der Waals surface area (Å²) in [5, 5.41) is 4.44. The molecule has 0 aromatic heterocycles. The van der Waals surface area contributed by atoms with E-state index >= 15 is 0 Å². The average Bonchev–Trinajstić information content (AvgIpc) is 2.88. The predicted octanol–water partition coefficient (Wildman–Crippen LogP) is 4.02. The number of rotatable bonds is 11. The number of benzene rings is 3. The van der Waals surface area contributed by atoms with Crippen LogP contribution in [0.25, 0.3) is 0 Å². The summed E-state index contributed by atoms with van der Waals surface area (Å²) in [6.45, 7) is 1.33. The second-order valence-corrected chi connectivity index (χ2v) is 10.3. The highest BCUT2D eigenvalue weighted by Crippen LogP contribution is 2.39. The van der Waals surface area contributed by atoms with Gasteiger partial charge >= 0.3 is 0 Å². The molecule has 196 valence electrons. The van der Waals surface area contributed by atoms with Crippen LogP contribution in [0.5, 0.6) is 17.2 Å². The van der Waals surface area contributed by atoms with Gasteiger partial charge in [0.25, 0.3) is 5.91 Å². The molecule has 0 aliphatic heterocycles. The number of nitrogens with zero attached hydrogens (tertiary/aromatic N) is 2. The van der Waals surface area contributed by atoms with Crippen LogP contribution in [0.15, 0.2) is 70.7 Å². The van der Waals surface area contributed by atoms with Crippen molar-refractivity contribution in [2.45, 2.75) is 18.4 Å². The maximum absolute atomic E-state index is 13.4. The van der Waals surface area contributed by atoms with E-state index in [4.69, 9.17) is 25.8 Å². The van der Waals surface area contributed by atoms with E-state index < -0.39 is 22.5 Å². The minimum atomic E-state index is -4.00. The number of amides is 1. The van der Waals surface area contributed by atoms with Crippen molar-refractivity contribution in [2.75, 3.05) is 27.9 Å². The van der Waals surface area contributed by atoms with Crippen molar-refractivity contribution in [1.82, 2.24) is 9.73 Å². The maximum Gasteiger partial charge on any atom is 0.255 e. The van der Waals surface area contributed by atoms with E-state index in [0.717, 1.165) is 9.87 Å². The van der Waals surface area contributed by atoms with Gasteiger partial charge < -0.3 is 14.2 Å². The fraction of sp³-hybridized carbons (Fsp3) is 0.231. The lowest BCUT2D eigenvalue weighted by Crippen LogP contribution is -2.39. The monoisotopic (exact) mass is 545 g/mol. The molecule has 1 amide bonds. The molecule has 0 spiro atoms. The average molecular weight is 546 g/mol. The zero-order chi connectivity index (χ0) is 27.0. The zero-order valence-corrected chi connectivity index (χ0v) is 22.5. The summed E-state index contributed by atoms with van der Waals surface area (Å²) in [6.07, 6.45) is 1.37. The standard InChI is InChI=1S/C26H28ClN3O6S/c1-18-8-11-22(12-9-18)37(32,33)30(16-19-6-5-7-21(27)14-19)17-24(31)29-28-15-20-10-13-23(34-2)26(36-4)25(20)35-3/h5-15H,16-17H2,1-4H3,(H,29,31)/b28-15-. The van der Waals surface area contributed by atoms with Crippen LogP contribution >= 0.6 is 11.6 Å². The molecule has 0 saturated carbocycles. The van der Waals surface area contributed by atoms with E-state index in [0.29, 0.717) is 33.4 Å². The quantitative estimate of drug-likeness (QED) is 0.288. The van der Waals surface area contributed by atoms with Crippen LogP contribution in [0.1, 0.15) is 16.7 Å². The van der Waals surface area contributed by atoms with Crippen molar-refractivity contribution < 1.29 is 27.4 Å². The fourth-order valence-electron chi connectivity index (χ4n) is 3.52. The molecule has 0 fully saturated rings. The highest BCUT2D eigenvalue weighted by molar-refractivity contribution is 7.89. The SMILES string of the molecule is COc1ccc(/C=N\NC(=O)CN(Cc2cccc(Cl)c2)S(=O)(=O)c2ccc(C)cc2)c(OC)c1OC. The Hall–Kier alpha value is -3.60. The van der Waals surface area contributed by atoms with Gasteiger partial charge in [0.2, 0.25) is 15.8 Å². The molecule has 0 aliphatic rings. The summed E-state index contributed by atoms with van der Waals surface area (Å²) in [5.41, 5.74) is 4.45. The van der Waals surface area contributed by atoms with Crippen LogP contribution in [-0.2, 0) is 21.4 Å². The third-order valence-corrected chi connectivity index (χ3v) is 7.40. The summed E-state index contributed by atoms with van der Waals surface area (Å²) < 4.78 is 43.9. The minimum absolute atomic E-state index is 0.0581. The zero-order valence-electron chi connectivity index (χ0n) is 20.9. The molecule has 0 atom stereocenters. The molecule has 0 bridgehead atoms. The largest absolute Gasteiger partial charge is 0.493 e. The van der Waals surface area contributed by atoms with Crippen LogP contribution in [0.3, 0.4) is 0 Å². The first-order chi connectivity index (χ1) is 17.7. The summed E-state index contributed by atoms with van der Waals surface area (Å²) in [5.74, 6) is 0.577. The molecule has 1 N–H and O–H groups in total. The Morgan fingerprint density at radius 2 is 1.70 bits per heavy atom. The normalized spacial score (nSPS) is 11.5. The number of sulfonamides is 1. The molecule has 0 unspecified atom stereocenters. The molecule has 3 aromatic rings. The molecule has 3 aromatic carbocycles. The molecule has 37 heavy (non-hydrogen) atoms. The van der Waals surface area contributed by atoms with Crippen LogP contribution < -0.4 is 19.6 Å². The van der Waals surface area contributed by atoms with Crippen molar-refractivity contribution in [2.24, 2.45) is 5.10 Å². The number of nitrogens with one attached hydrogen (secondary N) is 1. The Kier molecular flexibility index (Phi) is 9.51. The van der Waals surface area contributed by atoms with Crippen molar-refractivity contribution in [1.29, 1.82) is 0 Å². The van der Waals surface area contributed by atoms with Gasteiger partial charge in [0, 0.05) is 17.1 Å². The van der Waals surface area contributed by atoms with Gasteiger partial charge in [-0.15, -0.1) is 0 Å². The summed E-state index contributed by atoms with van der Waals surface area (Å²) >= 11 is 6.08. The number of aryl methyl sites for hydroxylation is 1. The first-order valence-corrected chi connectivity index (χ1v) is 12.9. The van der Waals surface area contributed by atoms with Gasteiger partial charge in [0.1, 0.15) is 0 Å². The Morgan fingerprint density at radius 3 is 2.32 bits per heavy atom. The molecular formula is C26H28ClN3O6S. The summed E-state index contributed by atoms with van der Waals surface area (Å²) in [6, 6.07) is 16.6. The van der Waals surface area contributed by atoms with E-state index in [2.05, 4.69) is 10.5 Å². The number of ether oxygens (including phenoxy) is 3. The molecule has 0 saturated heterocycles. The lowest BCUT2D eigenvalue weighted by atomic mass is 10.2. The molecule has 9 nitrogen and oxygen atoms in total. The second-order valence-electron chi connectivity index (χ2n) is 7.93. The lowest BCUT2D eigenvalue weighted by Gasteiger charge is -2.21. The first-order valence-electron chi connectivity index (χ1n) is 11.1. The van der Waals surface area contributed by atoms with Gasteiger partial charge in [-0.25, -0.2) is 13.8 Å². The lowest BCUT2D eigenvalue weighted by molar-refractivity contribution is -0.121. The number of carbonyl (C=O) groups excluding carboxylic acids is 1. The van der Waals surface area contributed by atoms with Crippen molar-refractivity contribution in [3.05, 3.63) is 82.4 Å². The van der Waals surface area contributed by atoms with Gasteiger partial charge in [-0.2, -0.15) is 9.41 Å². The summed E-state index contributed by atoms with van der Waals surface area (Å²) in [7, 11) is 0.451. The van der Waals surface area contributed by atoms with E-state index in [-0.39, 0.29) is 11.4 Å². The van der Waals surface area contributed by atoms with Gasteiger partial charge in [-0.1, -0.05) is 41.4 Å². The third-order valence-electron chi connectivity index (χ3n) is 5.35. The summed E-state index contributed by atoms with van der Waals surface area (Å²) in [4.78, 5) is 12.9. The van der Waals surface area contributed by atoms with Gasteiger partial charge in [-0.05, 0) is 48.9 Å². The second kappa shape index (κ2) is 12.6. The highest BCUT2D eigenvalue weighted by Gasteiger charge is 2.27. The van der Waals surface area contributed by atoms with Crippen LogP contribution in [0, 0.1) is 6.92 Å². The number of halogens is 1. The number of hydrazone groups is 1. The topological polar surface area (TPSA) is 107 Å². The van der Waals surface area contributed by atoms with Crippen LogP contribution in [0.2, 0.25) is 5.02 Å². The van der Waals surface area contributed by atoms with Crippen LogP contribution in [0.4, 0.5) is 0 Å². The van der Waals surface area contributed by atoms with E-state index in [1.165, 1.54) is 39.7 Å². The van der Waals surface area contributed by atoms with Crippen LogP contribution in [-0.4, -0.2) is 52.7 Å². The Bertz CT molecular complexity index is 1380. The van der Waals surface area contributed by atoms with Gasteiger partial charge in [-0.3, -0.25) is 4.79 Å². The fourth-order valence-corrected chi connectivity index (χ4v) is 5.12. The number of carbonyl (C=O) groups is 1.